The molecule has 2 amide bonds. The summed E-state index contributed by atoms with van der Waals surface area (Å²) in [6.07, 6.45) is 2.72. The van der Waals surface area contributed by atoms with E-state index in [1.807, 2.05) is 12.1 Å². The molecule has 2 heterocycles. The number of carbonyl (C=O) groups is 1. The van der Waals surface area contributed by atoms with Crippen molar-refractivity contribution < 1.29 is 14.1 Å². The van der Waals surface area contributed by atoms with Gasteiger partial charge in [0.15, 0.2) is 11.8 Å². The Bertz CT molecular complexity index is 925. The number of urea groups is 1. The van der Waals surface area contributed by atoms with Crippen LogP contribution in [0.1, 0.15) is 22.9 Å². The summed E-state index contributed by atoms with van der Waals surface area (Å²) in [6, 6.07) is 19.3. The highest BCUT2D eigenvalue weighted by molar-refractivity contribution is 6.30. The fourth-order valence-corrected chi connectivity index (χ4v) is 3.86. The van der Waals surface area contributed by atoms with E-state index in [-0.39, 0.29) is 12.1 Å². The van der Waals surface area contributed by atoms with Crippen LogP contribution in [0.25, 0.3) is 0 Å². The van der Waals surface area contributed by atoms with Gasteiger partial charge in [-0.3, -0.25) is 0 Å². The van der Waals surface area contributed by atoms with E-state index in [0.717, 1.165) is 25.3 Å². The van der Waals surface area contributed by atoms with Crippen LogP contribution in [-0.4, -0.2) is 19.1 Å². The first-order valence-electron chi connectivity index (χ1n) is 9.44. The fraction of sp³-hybridized carbons (Fsp3) is 0.227. The van der Waals surface area contributed by atoms with E-state index in [2.05, 4.69) is 34.9 Å². The number of furan rings is 1. The molecule has 0 spiro atoms. The Labute approximate surface area is 169 Å². The molecule has 1 aliphatic rings. The molecule has 5 nitrogen and oxygen atoms in total. The SMILES string of the molecule is O=C(NC[C@H](c1ccco1)[NH+]1CCc2ccccc2C1)Nc1ccc(Cl)cc1. The third-order valence-corrected chi connectivity index (χ3v) is 5.45. The molecule has 1 unspecified atom stereocenters. The molecule has 3 N–H and O–H groups in total. The molecule has 6 heteroatoms. The summed E-state index contributed by atoms with van der Waals surface area (Å²) >= 11 is 5.89. The molecule has 1 aromatic heterocycles. The average Bonchev–Trinajstić information content (AvgIpc) is 3.24. The van der Waals surface area contributed by atoms with Crippen LogP contribution in [0.15, 0.2) is 71.3 Å². The first-order valence-corrected chi connectivity index (χ1v) is 9.82. The monoisotopic (exact) mass is 396 g/mol. The second-order valence-corrected chi connectivity index (χ2v) is 7.45. The molecule has 0 saturated heterocycles. The van der Waals surface area contributed by atoms with E-state index in [9.17, 15) is 4.79 Å². The second-order valence-electron chi connectivity index (χ2n) is 7.01. The molecule has 144 valence electrons. The van der Waals surface area contributed by atoms with Crippen LogP contribution >= 0.6 is 11.6 Å². The van der Waals surface area contributed by atoms with Crippen molar-refractivity contribution >= 4 is 23.3 Å². The van der Waals surface area contributed by atoms with Gasteiger partial charge < -0.3 is 20.0 Å². The number of halogens is 1. The van der Waals surface area contributed by atoms with E-state index in [4.69, 9.17) is 16.0 Å². The lowest BCUT2D eigenvalue weighted by molar-refractivity contribution is -0.946. The van der Waals surface area contributed by atoms with Crippen LogP contribution in [0, 0.1) is 0 Å². The van der Waals surface area contributed by atoms with Gasteiger partial charge >= 0.3 is 6.03 Å². The molecular formula is C22H23ClN3O2+. The molecular weight excluding hydrogens is 374 g/mol. The topological polar surface area (TPSA) is 58.7 Å². The van der Waals surface area contributed by atoms with E-state index in [1.54, 1.807) is 30.5 Å². The van der Waals surface area contributed by atoms with Crippen LogP contribution in [0.4, 0.5) is 10.5 Å². The van der Waals surface area contributed by atoms with Gasteiger partial charge in [-0.1, -0.05) is 35.9 Å². The van der Waals surface area contributed by atoms with Gasteiger partial charge in [0.05, 0.1) is 19.4 Å². The Kier molecular flexibility index (Phi) is 5.65. The predicted molar refractivity (Wildman–Crippen MR) is 110 cm³/mol. The highest BCUT2D eigenvalue weighted by Gasteiger charge is 2.30. The maximum atomic E-state index is 12.4. The Morgan fingerprint density at radius 1 is 1.07 bits per heavy atom. The van der Waals surface area contributed by atoms with Crippen LogP contribution < -0.4 is 15.5 Å². The van der Waals surface area contributed by atoms with Crippen molar-refractivity contribution in [2.24, 2.45) is 0 Å². The molecule has 1 aliphatic heterocycles. The van der Waals surface area contributed by atoms with Crippen LogP contribution in [0.3, 0.4) is 0 Å². The summed E-state index contributed by atoms with van der Waals surface area (Å²) in [6.45, 7) is 2.41. The third-order valence-electron chi connectivity index (χ3n) is 5.20. The molecule has 4 rings (SSSR count). The second kappa shape index (κ2) is 8.50. The number of hydrogen-bond donors (Lipinski definition) is 3. The van der Waals surface area contributed by atoms with Gasteiger partial charge in [-0.05, 0) is 42.0 Å². The van der Waals surface area contributed by atoms with Crippen molar-refractivity contribution in [3.63, 3.8) is 0 Å². The molecule has 2 atom stereocenters. The average molecular weight is 397 g/mol. The number of hydrogen-bond acceptors (Lipinski definition) is 2. The minimum atomic E-state index is -0.240. The maximum Gasteiger partial charge on any atom is 0.319 e. The zero-order chi connectivity index (χ0) is 19.3. The summed E-state index contributed by atoms with van der Waals surface area (Å²) in [4.78, 5) is 13.7. The normalized spacial score (nSPS) is 16.8. The number of fused-ring (bicyclic) bond motifs is 1. The Hall–Kier alpha value is -2.76. The molecule has 0 radical (unpaired) electrons. The number of rotatable bonds is 5. The first kappa shape index (κ1) is 18.6. The highest BCUT2D eigenvalue weighted by Crippen LogP contribution is 2.16. The summed E-state index contributed by atoms with van der Waals surface area (Å²) in [5.74, 6) is 0.890. The zero-order valence-electron chi connectivity index (χ0n) is 15.5. The number of anilines is 1. The van der Waals surface area contributed by atoms with Gasteiger partial charge in [-0.2, -0.15) is 0 Å². The standard InChI is InChI=1S/C22H22ClN3O2/c23-18-7-9-19(10-8-18)25-22(27)24-14-20(21-6-3-13-28-21)26-12-11-16-4-1-2-5-17(16)15-26/h1-10,13,20H,11-12,14-15H2,(H2,24,25,27)/p+1/t20-/m1/s1. The van der Waals surface area contributed by atoms with E-state index < -0.39 is 0 Å². The summed E-state index contributed by atoms with van der Waals surface area (Å²) < 4.78 is 5.69. The van der Waals surface area contributed by atoms with Crippen LogP contribution in [0.2, 0.25) is 5.02 Å². The lowest BCUT2D eigenvalue weighted by atomic mass is 9.98. The first-order chi connectivity index (χ1) is 13.7. The number of amides is 2. The fourth-order valence-electron chi connectivity index (χ4n) is 3.74. The number of benzene rings is 2. The molecule has 2 aromatic carbocycles. The van der Waals surface area contributed by atoms with E-state index in [0.29, 0.717) is 17.3 Å². The zero-order valence-corrected chi connectivity index (χ0v) is 16.2. The minimum absolute atomic E-state index is 0.0549. The summed E-state index contributed by atoms with van der Waals surface area (Å²) in [5.41, 5.74) is 3.49. The van der Waals surface area contributed by atoms with Gasteiger partial charge in [-0.25, -0.2) is 4.79 Å². The summed E-state index contributed by atoms with van der Waals surface area (Å²) in [5, 5.41) is 6.47. The van der Waals surface area contributed by atoms with Gasteiger partial charge in [0, 0.05) is 22.7 Å². The van der Waals surface area contributed by atoms with E-state index >= 15 is 0 Å². The largest absolute Gasteiger partial charge is 0.463 e. The Balaban J connectivity index is 1.43. The van der Waals surface area contributed by atoms with Crippen molar-refractivity contribution in [3.05, 3.63) is 88.8 Å². The lowest BCUT2D eigenvalue weighted by Gasteiger charge is -2.31. The Morgan fingerprint density at radius 2 is 1.86 bits per heavy atom. The molecule has 0 saturated carbocycles. The molecule has 0 fully saturated rings. The van der Waals surface area contributed by atoms with Crippen LogP contribution in [0.5, 0.6) is 0 Å². The third kappa shape index (κ3) is 4.38. The molecule has 0 bridgehead atoms. The predicted octanol–water partition coefficient (Wildman–Crippen LogP) is 3.44. The number of carbonyl (C=O) groups excluding carboxylic acids is 1. The van der Waals surface area contributed by atoms with E-state index in [1.165, 1.54) is 16.0 Å². The van der Waals surface area contributed by atoms with Gasteiger partial charge in [0.2, 0.25) is 0 Å². The van der Waals surface area contributed by atoms with Gasteiger partial charge in [-0.15, -0.1) is 0 Å². The van der Waals surface area contributed by atoms with Crippen LogP contribution in [-0.2, 0) is 13.0 Å². The molecule has 0 aliphatic carbocycles. The molecule has 28 heavy (non-hydrogen) atoms. The van der Waals surface area contributed by atoms with Crippen molar-refractivity contribution in [3.8, 4) is 0 Å². The molecule has 3 aromatic rings. The van der Waals surface area contributed by atoms with Crippen molar-refractivity contribution in [2.75, 3.05) is 18.4 Å². The number of quaternary nitrogens is 1. The maximum absolute atomic E-state index is 12.4. The van der Waals surface area contributed by atoms with Crippen molar-refractivity contribution in [1.29, 1.82) is 0 Å². The lowest BCUT2D eigenvalue weighted by Crippen LogP contribution is -3.12. The Morgan fingerprint density at radius 3 is 2.61 bits per heavy atom. The highest BCUT2D eigenvalue weighted by atomic mass is 35.5. The quantitative estimate of drug-likeness (QED) is 0.618. The van der Waals surface area contributed by atoms with Crippen molar-refractivity contribution in [1.82, 2.24) is 5.32 Å². The minimum Gasteiger partial charge on any atom is -0.463 e. The van der Waals surface area contributed by atoms with Gasteiger partial charge in [0.25, 0.3) is 0 Å². The smallest absolute Gasteiger partial charge is 0.319 e. The summed E-state index contributed by atoms with van der Waals surface area (Å²) in [7, 11) is 0. The van der Waals surface area contributed by atoms with Crippen molar-refractivity contribution in [2.45, 2.75) is 19.0 Å². The van der Waals surface area contributed by atoms with Gasteiger partial charge in [0.1, 0.15) is 6.54 Å². The number of nitrogens with one attached hydrogen (secondary N) is 3.